The van der Waals surface area contributed by atoms with Gasteiger partial charge in [-0.2, -0.15) is 0 Å². The van der Waals surface area contributed by atoms with Gasteiger partial charge in [-0.15, -0.1) is 0 Å². The van der Waals surface area contributed by atoms with Gasteiger partial charge in [-0.3, -0.25) is 9.69 Å². The predicted molar refractivity (Wildman–Crippen MR) is 111 cm³/mol. The second-order valence-corrected chi connectivity index (χ2v) is 8.79. The van der Waals surface area contributed by atoms with Crippen LogP contribution in [-0.2, 0) is 11.3 Å². The third kappa shape index (κ3) is 2.75. The Morgan fingerprint density at radius 1 is 1.28 bits per heavy atom. The minimum Gasteiger partial charge on any atom is -0.506 e. The molecule has 0 unspecified atom stereocenters. The highest BCUT2D eigenvalue weighted by Gasteiger charge is 2.65. The predicted octanol–water partition coefficient (Wildman–Crippen LogP) is 3.99. The fraction of sp³-hybridized carbons (Fsp3) is 0.435. The van der Waals surface area contributed by atoms with Crippen molar-refractivity contribution < 1.29 is 14.6 Å². The summed E-state index contributed by atoms with van der Waals surface area (Å²) in [5.74, 6) is 1.49. The first kappa shape index (κ1) is 18.8. The van der Waals surface area contributed by atoms with Gasteiger partial charge >= 0.3 is 0 Å². The molecule has 6 heteroatoms. The molecule has 1 amide bonds. The van der Waals surface area contributed by atoms with Crippen molar-refractivity contribution in [2.24, 2.45) is 5.92 Å². The number of rotatable bonds is 4. The van der Waals surface area contributed by atoms with Gasteiger partial charge in [0.25, 0.3) is 0 Å². The van der Waals surface area contributed by atoms with Gasteiger partial charge in [-0.1, -0.05) is 35.9 Å². The standard InChI is InChI=1S/C23H25ClN2O3/c1-29-21-6-3-2-5-16(21)13-25-14-17-12-19(15-7-8-20(27)18(24)11-15)26-10-4-9-23(17,26)22(25)28/h2-3,5-8,11,17,19,27H,4,9-10,12-14H2,1H3/t17-,19-,23-/m0/s1. The van der Waals surface area contributed by atoms with E-state index in [0.717, 1.165) is 49.2 Å². The molecule has 3 fully saturated rings. The maximum Gasteiger partial charge on any atom is 0.243 e. The van der Waals surface area contributed by atoms with Gasteiger partial charge in [0.05, 0.1) is 12.1 Å². The molecule has 0 bridgehead atoms. The Morgan fingerprint density at radius 3 is 2.90 bits per heavy atom. The minimum atomic E-state index is -0.392. The van der Waals surface area contributed by atoms with E-state index >= 15 is 0 Å². The number of hydrogen-bond donors (Lipinski definition) is 1. The van der Waals surface area contributed by atoms with E-state index in [1.54, 1.807) is 13.2 Å². The Morgan fingerprint density at radius 2 is 2.10 bits per heavy atom. The number of amides is 1. The van der Waals surface area contributed by atoms with Crippen LogP contribution in [0.2, 0.25) is 5.02 Å². The highest BCUT2D eigenvalue weighted by Crippen LogP contribution is 2.56. The third-order valence-corrected chi connectivity index (χ3v) is 7.34. The van der Waals surface area contributed by atoms with Crippen molar-refractivity contribution in [3.05, 3.63) is 58.6 Å². The largest absolute Gasteiger partial charge is 0.506 e. The molecule has 3 heterocycles. The topological polar surface area (TPSA) is 53.0 Å². The van der Waals surface area contributed by atoms with Crippen LogP contribution in [-0.4, -0.2) is 46.6 Å². The number of carbonyl (C=O) groups is 1. The molecule has 0 aliphatic carbocycles. The smallest absolute Gasteiger partial charge is 0.243 e. The molecule has 0 aromatic heterocycles. The van der Waals surface area contributed by atoms with Crippen molar-refractivity contribution in [2.75, 3.05) is 20.2 Å². The summed E-state index contributed by atoms with van der Waals surface area (Å²) in [6.45, 7) is 2.29. The maximum absolute atomic E-state index is 13.7. The van der Waals surface area contributed by atoms with E-state index in [-0.39, 0.29) is 17.7 Å². The lowest BCUT2D eigenvalue weighted by Crippen LogP contribution is -2.49. The van der Waals surface area contributed by atoms with Crippen molar-refractivity contribution in [3.8, 4) is 11.5 Å². The maximum atomic E-state index is 13.7. The molecule has 152 valence electrons. The Bertz CT molecular complexity index is 965. The van der Waals surface area contributed by atoms with Crippen LogP contribution in [0.5, 0.6) is 11.5 Å². The summed E-state index contributed by atoms with van der Waals surface area (Å²) in [6, 6.07) is 13.6. The lowest BCUT2D eigenvalue weighted by atomic mass is 9.85. The molecule has 1 N–H and O–H groups in total. The number of likely N-dealkylation sites (tertiary alicyclic amines) is 1. The zero-order chi connectivity index (χ0) is 20.2. The normalized spacial score (nSPS) is 28.6. The molecule has 3 aliphatic heterocycles. The van der Waals surface area contributed by atoms with E-state index in [1.807, 2.05) is 41.3 Å². The third-order valence-electron chi connectivity index (χ3n) is 7.04. The summed E-state index contributed by atoms with van der Waals surface area (Å²) in [5, 5.41) is 10.1. The molecular formula is C23H25ClN2O3. The van der Waals surface area contributed by atoms with E-state index < -0.39 is 5.54 Å². The number of phenols is 1. The number of methoxy groups -OCH3 is 1. The Balaban J connectivity index is 1.43. The molecule has 3 saturated heterocycles. The van der Waals surface area contributed by atoms with Gasteiger partial charge in [0.1, 0.15) is 17.0 Å². The molecule has 2 aromatic carbocycles. The van der Waals surface area contributed by atoms with Crippen LogP contribution < -0.4 is 4.74 Å². The van der Waals surface area contributed by atoms with E-state index in [1.165, 1.54) is 0 Å². The first-order valence-corrected chi connectivity index (χ1v) is 10.6. The Labute approximate surface area is 175 Å². The molecule has 3 atom stereocenters. The van der Waals surface area contributed by atoms with Crippen LogP contribution in [0.4, 0.5) is 0 Å². The summed E-state index contributed by atoms with van der Waals surface area (Å²) in [4.78, 5) is 18.1. The Hall–Kier alpha value is -2.24. The van der Waals surface area contributed by atoms with Crippen molar-refractivity contribution in [2.45, 2.75) is 37.4 Å². The molecular weight excluding hydrogens is 388 g/mol. The number of aromatic hydroxyl groups is 1. The van der Waals surface area contributed by atoms with Crippen molar-refractivity contribution in [3.63, 3.8) is 0 Å². The molecule has 0 saturated carbocycles. The fourth-order valence-electron chi connectivity index (χ4n) is 5.80. The molecule has 5 nitrogen and oxygen atoms in total. The average Bonchev–Trinajstić information content (AvgIpc) is 3.35. The molecule has 2 aromatic rings. The second kappa shape index (κ2) is 6.92. The van der Waals surface area contributed by atoms with E-state index in [9.17, 15) is 9.90 Å². The van der Waals surface area contributed by atoms with Gasteiger partial charge in [0.2, 0.25) is 5.91 Å². The van der Waals surface area contributed by atoms with Crippen molar-refractivity contribution in [1.82, 2.24) is 9.80 Å². The summed E-state index contributed by atoms with van der Waals surface area (Å²) < 4.78 is 5.48. The molecule has 1 spiro atoms. The van der Waals surface area contributed by atoms with Crippen LogP contribution >= 0.6 is 11.6 Å². The Kier molecular flexibility index (Phi) is 4.48. The average molecular weight is 413 g/mol. The first-order chi connectivity index (χ1) is 14.0. The summed E-state index contributed by atoms with van der Waals surface area (Å²) in [7, 11) is 1.67. The number of ether oxygens (including phenoxy) is 1. The van der Waals surface area contributed by atoms with Crippen LogP contribution in [0.3, 0.4) is 0 Å². The van der Waals surface area contributed by atoms with Crippen molar-refractivity contribution >= 4 is 17.5 Å². The van der Waals surface area contributed by atoms with Crippen LogP contribution in [0, 0.1) is 5.92 Å². The first-order valence-electron chi connectivity index (χ1n) is 10.2. The zero-order valence-electron chi connectivity index (χ0n) is 16.5. The SMILES string of the molecule is COc1ccccc1CN1C[C@@H]2C[C@@H](c3ccc(O)c(Cl)c3)N3CCC[C@@]23C1=O. The molecule has 3 aliphatic rings. The summed E-state index contributed by atoms with van der Waals surface area (Å²) >= 11 is 6.17. The van der Waals surface area contributed by atoms with Gasteiger partial charge in [-0.05, 0) is 49.6 Å². The fourth-order valence-corrected chi connectivity index (χ4v) is 5.99. The second-order valence-electron chi connectivity index (χ2n) is 8.38. The monoisotopic (exact) mass is 412 g/mol. The number of nitrogens with zero attached hydrogens (tertiary/aromatic N) is 2. The van der Waals surface area contributed by atoms with Gasteiger partial charge < -0.3 is 14.7 Å². The van der Waals surface area contributed by atoms with Crippen LogP contribution in [0.15, 0.2) is 42.5 Å². The van der Waals surface area contributed by atoms with Crippen LogP contribution in [0.1, 0.15) is 36.4 Å². The zero-order valence-corrected chi connectivity index (χ0v) is 17.2. The lowest BCUT2D eigenvalue weighted by Gasteiger charge is -2.33. The van der Waals surface area contributed by atoms with Crippen molar-refractivity contribution in [1.29, 1.82) is 0 Å². The van der Waals surface area contributed by atoms with Gasteiger partial charge in [-0.25, -0.2) is 0 Å². The van der Waals surface area contributed by atoms with Crippen LogP contribution in [0.25, 0.3) is 0 Å². The summed E-state index contributed by atoms with van der Waals surface area (Å²) in [5.41, 5.74) is 1.75. The number of para-hydroxylation sites is 1. The van der Waals surface area contributed by atoms with Gasteiger partial charge in [0.15, 0.2) is 0 Å². The number of halogens is 1. The summed E-state index contributed by atoms with van der Waals surface area (Å²) in [6.07, 6.45) is 2.89. The van der Waals surface area contributed by atoms with E-state index in [4.69, 9.17) is 16.3 Å². The minimum absolute atomic E-state index is 0.101. The highest BCUT2D eigenvalue weighted by atomic mass is 35.5. The number of phenolic OH excluding ortho intramolecular Hbond substituents is 1. The number of benzene rings is 2. The lowest BCUT2D eigenvalue weighted by molar-refractivity contribution is -0.137. The highest BCUT2D eigenvalue weighted by molar-refractivity contribution is 6.32. The van der Waals surface area contributed by atoms with E-state index in [0.29, 0.717) is 17.5 Å². The number of carbonyl (C=O) groups excluding carboxylic acids is 1. The van der Waals surface area contributed by atoms with E-state index in [2.05, 4.69) is 4.90 Å². The quantitative estimate of drug-likeness (QED) is 0.824. The number of hydrogen-bond acceptors (Lipinski definition) is 4. The molecule has 29 heavy (non-hydrogen) atoms. The molecule has 0 radical (unpaired) electrons. The molecule has 5 rings (SSSR count). The van der Waals surface area contributed by atoms with Gasteiger partial charge in [0, 0.05) is 30.6 Å².